The molecule has 1 aliphatic heterocycles. The Morgan fingerprint density at radius 3 is 2.07 bits per heavy atom. The summed E-state index contributed by atoms with van der Waals surface area (Å²) in [6, 6.07) is 0. The number of ether oxygens (including phenoxy) is 1. The van der Waals surface area contributed by atoms with Crippen molar-refractivity contribution in [3.05, 3.63) is 0 Å². The Kier molecular flexibility index (Phi) is 5.03. The van der Waals surface area contributed by atoms with Crippen LogP contribution in [-0.4, -0.2) is 41.6 Å². The summed E-state index contributed by atoms with van der Waals surface area (Å²) in [5.74, 6) is -0.000463. The molecule has 0 aromatic heterocycles. The van der Waals surface area contributed by atoms with E-state index in [4.69, 9.17) is 10.5 Å². The van der Waals surface area contributed by atoms with Crippen LogP contribution in [0.25, 0.3) is 0 Å². The van der Waals surface area contributed by atoms with Crippen LogP contribution in [-0.2, 0) is 9.53 Å². The number of hydrogen-bond donors (Lipinski definition) is 1. The first-order chi connectivity index (χ1) is 6.30. The van der Waals surface area contributed by atoms with Crippen molar-refractivity contribution in [3.63, 3.8) is 0 Å². The van der Waals surface area contributed by atoms with Crippen LogP contribution < -0.4 is 5.73 Å². The van der Waals surface area contributed by atoms with E-state index in [9.17, 15) is 4.79 Å². The predicted molar refractivity (Wildman–Crippen MR) is 62.1 cm³/mol. The van der Waals surface area contributed by atoms with Crippen molar-refractivity contribution in [2.24, 2.45) is 5.73 Å². The van der Waals surface area contributed by atoms with Gasteiger partial charge in [0.25, 0.3) is 0 Å². The fraction of sp³-hybridized carbons (Fsp3) is 0.900. The molecule has 1 rings (SSSR count). The van der Waals surface area contributed by atoms with E-state index in [1.807, 2.05) is 13.8 Å². The second kappa shape index (κ2) is 5.14. The molecule has 1 fully saturated rings. The third-order valence-electron chi connectivity index (χ3n) is 2.26. The molecule has 5 heteroatoms. The van der Waals surface area contributed by atoms with Gasteiger partial charge in [0, 0.05) is 13.1 Å². The van der Waals surface area contributed by atoms with E-state index in [1.54, 1.807) is 18.7 Å². The molecule has 0 radical (unpaired) electrons. The second-order valence-electron chi connectivity index (χ2n) is 4.69. The number of morpholine rings is 1. The highest BCUT2D eigenvalue weighted by Crippen LogP contribution is 2.14. The molecule has 0 aromatic rings. The van der Waals surface area contributed by atoms with E-state index < -0.39 is 5.54 Å². The van der Waals surface area contributed by atoms with Gasteiger partial charge in [-0.2, -0.15) is 0 Å². The smallest absolute Gasteiger partial charge is 0.242 e. The highest BCUT2D eigenvalue weighted by molar-refractivity contribution is 5.85. The van der Waals surface area contributed by atoms with E-state index in [0.717, 1.165) is 0 Å². The molecule has 1 aliphatic rings. The number of rotatable bonds is 1. The monoisotopic (exact) mass is 236 g/mol. The molecule has 15 heavy (non-hydrogen) atoms. The van der Waals surface area contributed by atoms with Crippen LogP contribution in [0, 0.1) is 0 Å². The quantitative estimate of drug-likeness (QED) is 0.732. The number of carbonyl (C=O) groups is 1. The molecule has 0 unspecified atom stereocenters. The molecular weight excluding hydrogens is 216 g/mol. The Labute approximate surface area is 97.5 Å². The predicted octanol–water partition coefficient (Wildman–Crippen LogP) is 0.781. The third-order valence-corrected chi connectivity index (χ3v) is 2.26. The van der Waals surface area contributed by atoms with Crippen molar-refractivity contribution in [2.75, 3.05) is 13.1 Å². The van der Waals surface area contributed by atoms with Gasteiger partial charge >= 0.3 is 0 Å². The lowest BCUT2D eigenvalue weighted by atomic mass is 10.0. The Morgan fingerprint density at radius 1 is 1.33 bits per heavy atom. The van der Waals surface area contributed by atoms with Gasteiger partial charge in [-0.1, -0.05) is 0 Å². The van der Waals surface area contributed by atoms with Gasteiger partial charge in [-0.25, -0.2) is 0 Å². The SMILES string of the molecule is C[C@@H]1CN(C(=O)C(C)(C)N)C[C@H](C)O1.Cl. The minimum Gasteiger partial charge on any atom is -0.372 e. The van der Waals surface area contributed by atoms with Crippen LogP contribution in [0.5, 0.6) is 0 Å². The summed E-state index contributed by atoms with van der Waals surface area (Å²) in [6.45, 7) is 8.70. The Bertz CT molecular complexity index is 218. The average molecular weight is 237 g/mol. The first-order valence-electron chi connectivity index (χ1n) is 5.04. The van der Waals surface area contributed by atoms with Crippen molar-refractivity contribution < 1.29 is 9.53 Å². The van der Waals surface area contributed by atoms with Crippen LogP contribution in [0.3, 0.4) is 0 Å². The van der Waals surface area contributed by atoms with Gasteiger partial charge in [0.15, 0.2) is 0 Å². The highest BCUT2D eigenvalue weighted by atomic mass is 35.5. The van der Waals surface area contributed by atoms with Gasteiger partial charge in [-0.15, -0.1) is 12.4 Å². The topological polar surface area (TPSA) is 55.6 Å². The molecule has 0 aromatic carbocycles. The van der Waals surface area contributed by atoms with Crippen molar-refractivity contribution in [3.8, 4) is 0 Å². The average Bonchev–Trinajstić information content (AvgIpc) is 1.99. The third kappa shape index (κ3) is 3.97. The molecule has 1 heterocycles. The summed E-state index contributed by atoms with van der Waals surface area (Å²) in [5.41, 5.74) is 4.99. The second-order valence-corrected chi connectivity index (χ2v) is 4.69. The Hall–Kier alpha value is -0.320. The Morgan fingerprint density at radius 2 is 1.73 bits per heavy atom. The maximum atomic E-state index is 11.9. The molecular formula is C10H21ClN2O2. The molecule has 4 nitrogen and oxygen atoms in total. The van der Waals surface area contributed by atoms with Gasteiger partial charge in [-0.05, 0) is 27.7 Å². The van der Waals surface area contributed by atoms with Crippen molar-refractivity contribution in [2.45, 2.75) is 45.4 Å². The zero-order valence-electron chi connectivity index (χ0n) is 9.82. The molecule has 0 saturated carbocycles. The molecule has 90 valence electrons. The molecule has 0 aliphatic carbocycles. The zero-order valence-corrected chi connectivity index (χ0v) is 10.6. The Balaban J connectivity index is 0.00000196. The van der Waals surface area contributed by atoms with E-state index in [1.165, 1.54) is 0 Å². The fourth-order valence-corrected chi connectivity index (χ4v) is 1.75. The van der Waals surface area contributed by atoms with Crippen LogP contribution in [0.2, 0.25) is 0 Å². The summed E-state index contributed by atoms with van der Waals surface area (Å²) in [6.07, 6.45) is 0.204. The lowest BCUT2D eigenvalue weighted by Crippen LogP contribution is -2.57. The molecule has 0 bridgehead atoms. The highest BCUT2D eigenvalue weighted by Gasteiger charge is 2.32. The number of nitrogens with zero attached hydrogens (tertiary/aromatic N) is 1. The summed E-state index contributed by atoms with van der Waals surface area (Å²) >= 11 is 0. The van der Waals surface area contributed by atoms with E-state index in [2.05, 4.69) is 0 Å². The largest absolute Gasteiger partial charge is 0.372 e. The lowest BCUT2D eigenvalue weighted by Gasteiger charge is -2.38. The molecule has 1 amide bonds. The summed E-state index contributed by atoms with van der Waals surface area (Å²) in [7, 11) is 0. The number of halogens is 1. The standard InChI is InChI=1S/C10H20N2O2.ClH/c1-7-5-12(6-8(2)14-7)9(13)10(3,4)11;/h7-8H,5-6,11H2,1-4H3;1H/t7-,8+;. The van der Waals surface area contributed by atoms with Crippen LogP contribution >= 0.6 is 12.4 Å². The van der Waals surface area contributed by atoms with Crippen molar-refractivity contribution >= 4 is 18.3 Å². The normalized spacial score (nSPS) is 27.1. The molecule has 2 N–H and O–H groups in total. The van der Waals surface area contributed by atoms with Crippen LogP contribution in [0.4, 0.5) is 0 Å². The maximum absolute atomic E-state index is 11.9. The van der Waals surface area contributed by atoms with Gasteiger partial charge in [0.2, 0.25) is 5.91 Å². The van der Waals surface area contributed by atoms with E-state index in [0.29, 0.717) is 13.1 Å². The molecule has 0 spiro atoms. The molecule has 1 saturated heterocycles. The van der Waals surface area contributed by atoms with Gasteiger partial charge in [0.1, 0.15) is 0 Å². The number of hydrogen-bond acceptors (Lipinski definition) is 3. The van der Waals surface area contributed by atoms with E-state index >= 15 is 0 Å². The van der Waals surface area contributed by atoms with Gasteiger partial charge < -0.3 is 15.4 Å². The first-order valence-corrected chi connectivity index (χ1v) is 5.04. The summed E-state index contributed by atoms with van der Waals surface area (Å²) < 4.78 is 5.54. The minimum absolute atomic E-state index is 0. The van der Waals surface area contributed by atoms with Gasteiger partial charge in [-0.3, -0.25) is 4.79 Å². The lowest BCUT2D eigenvalue weighted by molar-refractivity contribution is -0.147. The van der Waals surface area contributed by atoms with Crippen LogP contribution in [0.15, 0.2) is 0 Å². The minimum atomic E-state index is -0.781. The summed E-state index contributed by atoms with van der Waals surface area (Å²) in [5, 5.41) is 0. The first kappa shape index (κ1) is 14.7. The van der Waals surface area contributed by atoms with E-state index in [-0.39, 0.29) is 30.5 Å². The van der Waals surface area contributed by atoms with Crippen molar-refractivity contribution in [1.29, 1.82) is 0 Å². The van der Waals surface area contributed by atoms with Crippen molar-refractivity contribution in [1.82, 2.24) is 4.90 Å². The van der Waals surface area contributed by atoms with Gasteiger partial charge in [0.05, 0.1) is 17.7 Å². The maximum Gasteiger partial charge on any atom is 0.242 e. The zero-order chi connectivity index (χ0) is 10.9. The number of amides is 1. The molecule has 2 atom stereocenters. The summed E-state index contributed by atoms with van der Waals surface area (Å²) in [4.78, 5) is 13.6. The van der Waals surface area contributed by atoms with Crippen LogP contribution in [0.1, 0.15) is 27.7 Å². The fourth-order valence-electron chi connectivity index (χ4n) is 1.75. The number of nitrogens with two attached hydrogens (primary N) is 1. The number of carbonyl (C=O) groups excluding carboxylic acids is 1.